The van der Waals surface area contributed by atoms with E-state index in [2.05, 4.69) is 5.32 Å². The number of aliphatic carboxylic acids is 1. The van der Waals surface area contributed by atoms with Gasteiger partial charge in [-0.1, -0.05) is 23.7 Å². The molecule has 0 unspecified atom stereocenters. The number of carbonyl (C=O) groups is 2. The van der Waals surface area contributed by atoms with E-state index in [1.807, 2.05) is 0 Å². The van der Waals surface area contributed by atoms with Crippen LogP contribution in [0.15, 0.2) is 48.5 Å². The van der Waals surface area contributed by atoms with E-state index in [4.69, 9.17) is 26.2 Å². The lowest BCUT2D eigenvalue weighted by Gasteiger charge is -2.18. The van der Waals surface area contributed by atoms with Crippen molar-refractivity contribution in [1.29, 1.82) is 0 Å². The number of carbonyl (C=O) groups excluding carboxylic acids is 1. The first-order valence-corrected chi connectivity index (χ1v) is 8.37. The summed E-state index contributed by atoms with van der Waals surface area (Å²) in [5.41, 5.74) is 1.08. The molecule has 0 radical (unpaired) electrons. The van der Waals surface area contributed by atoms with Crippen LogP contribution < -0.4 is 10.1 Å². The number of halogens is 1. The van der Waals surface area contributed by atoms with Gasteiger partial charge < -0.3 is 19.9 Å². The Bertz CT molecular complexity index is 731. The molecule has 6 nitrogen and oxygen atoms in total. The number of carboxylic acids is 1. The number of benzene rings is 2. The second-order valence-corrected chi connectivity index (χ2v) is 5.98. The topological polar surface area (TPSA) is 84.9 Å². The fourth-order valence-corrected chi connectivity index (χ4v) is 2.43. The molecule has 0 heterocycles. The first kappa shape index (κ1) is 19.8. The number of ether oxygens (including phenoxy) is 2. The molecule has 0 fully saturated rings. The van der Waals surface area contributed by atoms with Gasteiger partial charge in [-0.3, -0.25) is 9.59 Å². The smallest absolute Gasteiger partial charge is 0.305 e. The van der Waals surface area contributed by atoms with Crippen LogP contribution in [0.4, 0.5) is 0 Å². The highest BCUT2D eigenvalue weighted by atomic mass is 35.5. The Kier molecular flexibility index (Phi) is 7.44. The highest BCUT2D eigenvalue weighted by Gasteiger charge is 2.19. The fraction of sp³-hybridized carbons (Fsp3) is 0.263. The van der Waals surface area contributed by atoms with Crippen molar-refractivity contribution in [1.82, 2.24) is 5.32 Å². The van der Waals surface area contributed by atoms with Crippen molar-refractivity contribution in [2.75, 3.05) is 20.3 Å². The third-order valence-corrected chi connectivity index (χ3v) is 3.88. The lowest BCUT2D eigenvalue weighted by atomic mass is 10.0. The molecule has 0 bridgehead atoms. The summed E-state index contributed by atoms with van der Waals surface area (Å²) in [5.74, 6) is -0.750. The average Bonchev–Trinajstić information content (AvgIpc) is 2.62. The van der Waals surface area contributed by atoms with Gasteiger partial charge in [0.2, 0.25) is 0 Å². The molecule has 7 heteroatoms. The zero-order valence-corrected chi connectivity index (χ0v) is 15.0. The largest absolute Gasteiger partial charge is 0.491 e. The fourth-order valence-electron chi connectivity index (χ4n) is 2.31. The lowest BCUT2D eigenvalue weighted by molar-refractivity contribution is -0.137. The summed E-state index contributed by atoms with van der Waals surface area (Å²) in [6.07, 6.45) is -0.231. The van der Waals surface area contributed by atoms with E-state index in [0.717, 1.165) is 0 Å². The summed E-state index contributed by atoms with van der Waals surface area (Å²) in [6, 6.07) is 12.7. The van der Waals surface area contributed by atoms with Crippen molar-refractivity contribution >= 4 is 23.5 Å². The molecule has 2 aromatic carbocycles. The van der Waals surface area contributed by atoms with Crippen molar-refractivity contribution < 1.29 is 24.2 Å². The van der Waals surface area contributed by atoms with Crippen molar-refractivity contribution in [3.05, 3.63) is 64.7 Å². The summed E-state index contributed by atoms with van der Waals surface area (Å²) in [4.78, 5) is 23.6. The lowest BCUT2D eigenvalue weighted by Crippen LogP contribution is -2.30. The van der Waals surface area contributed by atoms with E-state index in [1.165, 1.54) is 0 Å². The highest BCUT2D eigenvalue weighted by molar-refractivity contribution is 6.30. The van der Waals surface area contributed by atoms with Crippen LogP contribution in [-0.2, 0) is 9.53 Å². The van der Waals surface area contributed by atoms with Gasteiger partial charge in [0.25, 0.3) is 5.91 Å². The van der Waals surface area contributed by atoms with Crippen LogP contribution in [0.3, 0.4) is 0 Å². The third-order valence-electron chi connectivity index (χ3n) is 3.63. The molecule has 2 rings (SSSR count). The standard InChI is InChI=1S/C19H20ClNO5/c1-25-10-11-26-16-8-4-14(5-9-16)19(24)21-17(12-18(22)23)13-2-6-15(20)7-3-13/h2-9,17H,10-12H2,1H3,(H,21,24)(H,22,23)/t17-/m0/s1. The van der Waals surface area contributed by atoms with Crippen molar-refractivity contribution in [3.8, 4) is 5.75 Å². The number of carboxylic acid groups (broad SMARTS) is 1. The minimum atomic E-state index is -1.01. The molecule has 1 atom stereocenters. The molecule has 0 aliphatic heterocycles. The third kappa shape index (κ3) is 6.06. The molecule has 1 amide bonds. The first-order chi connectivity index (χ1) is 12.5. The molecule has 0 spiro atoms. The van der Waals surface area contributed by atoms with Crippen LogP contribution in [0, 0.1) is 0 Å². The molecule has 138 valence electrons. The SMILES string of the molecule is COCCOc1ccc(C(=O)N[C@@H](CC(=O)O)c2ccc(Cl)cc2)cc1. The molecular weight excluding hydrogens is 358 g/mol. The Balaban J connectivity index is 2.06. The number of hydrogen-bond acceptors (Lipinski definition) is 4. The number of nitrogens with one attached hydrogen (secondary N) is 1. The van der Waals surface area contributed by atoms with Crippen molar-refractivity contribution in [2.24, 2.45) is 0 Å². The second kappa shape index (κ2) is 9.79. The van der Waals surface area contributed by atoms with Crippen LogP contribution in [0.2, 0.25) is 5.02 Å². The maximum atomic E-state index is 12.5. The Morgan fingerprint density at radius 2 is 1.73 bits per heavy atom. The Hall–Kier alpha value is -2.57. The van der Waals surface area contributed by atoms with Crippen molar-refractivity contribution in [2.45, 2.75) is 12.5 Å². The normalized spacial score (nSPS) is 11.6. The van der Waals surface area contributed by atoms with E-state index >= 15 is 0 Å². The molecule has 2 aromatic rings. The van der Waals surface area contributed by atoms with Gasteiger partial charge in [0.1, 0.15) is 12.4 Å². The summed E-state index contributed by atoms with van der Waals surface area (Å²) >= 11 is 5.86. The van der Waals surface area contributed by atoms with Crippen LogP contribution >= 0.6 is 11.6 Å². The van der Waals surface area contributed by atoms with Gasteiger partial charge in [-0.25, -0.2) is 0 Å². The van der Waals surface area contributed by atoms with Gasteiger partial charge in [-0.15, -0.1) is 0 Å². The molecule has 0 saturated carbocycles. The van der Waals surface area contributed by atoms with Gasteiger partial charge >= 0.3 is 5.97 Å². The molecule has 0 aliphatic carbocycles. The maximum absolute atomic E-state index is 12.5. The predicted molar refractivity (Wildman–Crippen MR) is 97.7 cm³/mol. The molecular formula is C19H20ClNO5. The number of rotatable bonds is 9. The first-order valence-electron chi connectivity index (χ1n) is 7.99. The molecule has 26 heavy (non-hydrogen) atoms. The number of hydrogen-bond donors (Lipinski definition) is 2. The van der Waals surface area contributed by atoms with Crippen LogP contribution in [0.5, 0.6) is 5.75 Å². The number of methoxy groups -OCH3 is 1. The minimum absolute atomic E-state index is 0.231. The van der Waals surface area contributed by atoms with E-state index in [1.54, 1.807) is 55.6 Å². The number of amides is 1. The maximum Gasteiger partial charge on any atom is 0.305 e. The zero-order chi connectivity index (χ0) is 18.9. The Morgan fingerprint density at radius 3 is 2.31 bits per heavy atom. The summed E-state index contributed by atoms with van der Waals surface area (Å²) in [6.45, 7) is 0.888. The van der Waals surface area contributed by atoms with Crippen LogP contribution in [0.1, 0.15) is 28.4 Å². The summed E-state index contributed by atoms with van der Waals surface area (Å²) < 4.78 is 10.4. The summed E-state index contributed by atoms with van der Waals surface area (Å²) in [5, 5.41) is 12.4. The monoisotopic (exact) mass is 377 g/mol. The average molecular weight is 378 g/mol. The minimum Gasteiger partial charge on any atom is -0.491 e. The van der Waals surface area contributed by atoms with Gasteiger partial charge in [0.05, 0.1) is 19.1 Å². The van der Waals surface area contributed by atoms with Crippen LogP contribution in [0.25, 0.3) is 0 Å². The predicted octanol–water partition coefficient (Wildman–Crippen LogP) is 3.31. The molecule has 0 aromatic heterocycles. The van der Waals surface area contributed by atoms with E-state index in [0.29, 0.717) is 35.1 Å². The Labute approximate surface area is 156 Å². The van der Waals surface area contributed by atoms with Gasteiger partial charge in [-0.2, -0.15) is 0 Å². The van der Waals surface area contributed by atoms with E-state index in [-0.39, 0.29) is 12.3 Å². The summed E-state index contributed by atoms with van der Waals surface area (Å²) in [7, 11) is 1.59. The van der Waals surface area contributed by atoms with Gasteiger partial charge in [0, 0.05) is 17.7 Å². The highest BCUT2D eigenvalue weighted by Crippen LogP contribution is 2.21. The van der Waals surface area contributed by atoms with E-state index in [9.17, 15) is 9.59 Å². The van der Waals surface area contributed by atoms with E-state index < -0.39 is 12.0 Å². The van der Waals surface area contributed by atoms with Crippen LogP contribution in [-0.4, -0.2) is 37.3 Å². The Morgan fingerprint density at radius 1 is 1.08 bits per heavy atom. The molecule has 0 aliphatic rings. The molecule has 0 saturated heterocycles. The van der Waals surface area contributed by atoms with Gasteiger partial charge in [-0.05, 0) is 42.0 Å². The zero-order valence-electron chi connectivity index (χ0n) is 14.3. The molecule has 2 N–H and O–H groups in total. The van der Waals surface area contributed by atoms with Crippen molar-refractivity contribution in [3.63, 3.8) is 0 Å². The quantitative estimate of drug-likeness (QED) is 0.655. The van der Waals surface area contributed by atoms with Gasteiger partial charge in [0.15, 0.2) is 0 Å². The second-order valence-electron chi connectivity index (χ2n) is 5.54.